The number of carbonyl (C=O) groups is 1. The fourth-order valence-corrected chi connectivity index (χ4v) is 2.62. The van der Waals surface area contributed by atoms with Gasteiger partial charge in [-0.25, -0.2) is 4.79 Å². The fourth-order valence-electron chi connectivity index (χ4n) is 2.45. The molecule has 0 saturated heterocycles. The van der Waals surface area contributed by atoms with Gasteiger partial charge in [0, 0.05) is 0 Å². The van der Waals surface area contributed by atoms with Crippen LogP contribution < -0.4 is 14.2 Å². The first-order valence-corrected chi connectivity index (χ1v) is 9.54. The highest BCUT2D eigenvalue weighted by Crippen LogP contribution is 2.31. The topological polar surface area (TPSA) is 44.8 Å². The molecule has 0 aliphatic heterocycles. The molecule has 0 N–H and O–H groups in total. The number of hydrogen-bond acceptors (Lipinski definition) is 5. The van der Waals surface area contributed by atoms with Crippen LogP contribution in [0.25, 0.3) is 0 Å². The standard InChI is InChI=1S/C20H24O4S/c1-5-15-10-11-17(14(3)12-15)23-13-16-18(22-6-2)8-7-9-19(16)24-20(21)25-4/h7-12H,5-6,13H2,1-4H3. The summed E-state index contributed by atoms with van der Waals surface area (Å²) in [5.41, 5.74) is 3.08. The molecule has 5 heteroatoms. The minimum absolute atomic E-state index is 0.263. The van der Waals surface area contributed by atoms with Gasteiger partial charge in [0.1, 0.15) is 23.9 Å². The molecule has 0 fully saturated rings. The maximum absolute atomic E-state index is 11.7. The van der Waals surface area contributed by atoms with Crippen molar-refractivity contribution in [2.24, 2.45) is 0 Å². The van der Waals surface area contributed by atoms with E-state index in [1.165, 1.54) is 5.56 Å². The lowest BCUT2D eigenvalue weighted by Gasteiger charge is -2.16. The Bertz CT molecular complexity index is 728. The molecule has 0 aliphatic rings. The first kappa shape index (κ1) is 19.2. The van der Waals surface area contributed by atoms with Crippen molar-refractivity contribution in [2.75, 3.05) is 12.9 Å². The number of rotatable bonds is 7. The van der Waals surface area contributed by atoms with E-state index in [0.29, 0.717) is 18.1 Å². The second-order valence-electron chi connectivity index (χ2n) is 5.46. The molecule has 0 amide bonds. The van der Waals surface area contributed by atoms with Crippen LogP contribution in [0.4, 0.5) is 4.79 Å². The number of hydrogen-bond donors (Lipinski definition) is 0. The Labute approximate surface area is 153 Å². The molecule has 0 saturated carbocycles. The molecular weight excluding hydrogens is 336 g/mol. The minimum atomic E-state index is -0.363. The van der Waals surface area contributed by atoms with Gasteiger partial charge in [-0.2, -0.15) is 0 Å². The van der Waals surface area contributed by atoms with E-state index in [0.717, 1.165) is 35.1 Å². The van der Waals surface area contributed by atoms with Crippen molar-refractivity contribution in [2.45, 2.75) is 33.8 Å². The van der Waals surface area contributed by atoms with Gasteiger partial charge in [-0.1, -0.05) is 25.1 Å². The third-order valence-electron chi connectivity index (χ3n) is 3.77. The highest BCUT2D eigenvalue weighted by Gasteiger charge is 2.15. The highest BCUT2D eigenvalue weighted by molar-refractivity contribution is 8.12. The van der Waals surface area contributed by atoms with E-state index in [-0.39, 0.29) is 11.9 Å². The van der Waals surface area contributed by atoms with Crippen molar-refractivity contribution >= 4 is 17.1 Å². The molecule has 25 heavy (non-hydrogen) atoms. The Hall–Kier alpha value is -2.14. The predicted molar refractivity (Wildman–Crippen MR) is 102 cm³/mol. The summed E-state index contributed by atoms with van der Waals surface area (Å²) in [5.74, 6) is 1.94. The molecule has 0 spiro atoms. The fraction of sp³-hybridized carbons (Fsp3) is 0.350. The van der Waals surface area contributed by atoms with Gasteiger partial charge in [-0.3, -0.25) is 0 Å². The van der Waals surface area contributed by atoms with Gasteiger partial charge >= 0.3 is 5.30 Å². The van der Waals surface area contributed by atoms with Gasteiger partial charge in [-0.05, 0) is 67.6 Å². The van der Waals surface area contributed by atoms with E-state index < -0.39 is 0 Å². The average molecular weight is 360 g/mol. The Morgan fingerprint density at radius 3 is 2.44 bits per heavy atom. The van der Waals surface area contributed by atoms with Crippen molar-refractivity contribution in [1.29, 1.82) is 0 Å². The van der Waals surface area contributed by atoms with Gasteiger partial charge in [0.05, 0.1) is 12.2 Å². The summed E-state index contributed by atoms with van der Waals surface area (Å²) < 4.78 is 17.1. The Morgan fingerprint density at radius 1 is 1.04 bits per heavy atom. The second-order valence-corrected chi connectivity index (χ2v) is 6.21. The first-order valence-electron chi connectivity index (χ1n) is 8.31. The lowest BCUT2D eigenvalue weighted by Crippen LogP contribution is -2.07. The molecule has 2 aromatic carbocycles. The number of thioether (sulfide) groups is 1. The second kappa shape index (κ2) is 9.37. The predicted octanol–water partition coefficient (Wildman–Crippen LogP) is 5.40. The van der Waals surface area contributed by atoms with Crippen LogP contribution in [0.1, 0.15) is 30.5 Å². The molecule has 0 heterocycles. The van der Waals surface area contributed by atoms with Gasteiger partial charge in [0.2, 0.25) is 0 Å². The largest absolute Gasteiger partial charge is 0.493 e. The van der Waals surface area contributed by atoms with Crippen molar-refractivity contribution in [3.05, 3.63) is 53.1 Å². The van der Waals surface area contributed by atoms with Crippen LogP contribution in [0.5, 0.6) is 17.2 Å². The third kappa shape index (κ3) is 5.16. The monoisotopic (exact) mass is 360 g/mol. The highest BCUT2D eigenvalue weighted by atomic mass is 32.2. The lowest BCUT2D eigenvalue weighted by molar-refractivity contribution is 0.224. The van der Waals surface area contributed by atoms with E-state index in [4.69, 9.17) is 14.2 Å². The van der Waals surface area contributed by atoms with Crippen molar-refractivity contribution in [3.63, 3.8) is 0 Å². The summed E-state index contributed by atoms with van der Waals surface area (Å²) >= 11 is 1.03. The summed E-state index contributed by atoms with van der Waals surface area (Å²) in [6.07, 6.45) is 2.67. The summed E-state index contributed by atoms with van der Waals surface area (Å²) in [6, 6.07) is 11.6. The summed E-state index contributed by atoms with van der Waals surface area (Å²) in [6.45, 7) is 6.85. The van der Waals surface area contributed by atoms with E-state index in [1.807, 2.05) is 26.0 Å². The van der Waals surface area contributed by atoms with E-state index in [2.05, 4.69) is 19.1 Å². The number of benzene rings is 2. The van der Waals surface area contributed by atoms with E-state index >= 15 is 0 Å². The number of carbonyl (C=O) groups excluding carboxylic acids is 1. The minimum Gasteiger partial charge on any atom is -0.493 e. The summed E-state index contributed by atoms with van der Waals surface area (Å²) in [4.78, 5) is 11.7. The Balaban J connectivity index is 2.25. The molecule has 0 aromatic heterocycles. The van der Waals surface area contributed by atoms with Crippen LogP contribution in [0.3, 0.4) is 0 Å². The van der Waals surface area contributed by atoms with Crippen LogP contribution in [-0.4, -0.2) is 18.2 Å². The van der Waals surface area contributed by atoms with Crippen LogP contribution in [0.2, 0.25) is 0 Å². The zero-order chi connectivity index (χ0) is 18.2. The molecule has 0 bridgehead atoms. The first-order chi connectivity index (χ1) is 12.1. The van der Waals surface area contributed by atoms with E-state index in [1.54, 1.807) is 18.4 Å². The third-order valence-corrected chi connectivity index (χ3v) is 4.19. The SMILES string of the molecule is CCOc1cccc(OC(=O)SC)c1COc1ccc(CC)cc1C. The molecule has 0 aliphatic carbocycles. The Morgan fingerprint density at radius 2 is 1.80 bits per heavy atom. The molecule has 0 unspecified atom stereocenters. The molecular formula is C20H24O4S. The van der Waals surface area contributed by atoms with Crippen LogP contribution >= 0.6 is 11.8 Å². The van der Waals surface area contributed by atoms with Crippen LogP contribution in [0.15, 0.2) is 36.4 Å². The zero-order valence-corrected chi connectivity index (χ0v) is 15.9. The van der Waals surface area contributed by atoms with Gasteiger partial charge in [-0.15, -0.1) is 0 Å². The van der Waals surface area contributed by atoms with Gasteiger partial charge in [0.15, 0.2) is 0 Å². The Kier molecular flexibility index (Phi) is 7.19. The van der Waals surface area contributed by atoms with Crippen LogP contribution in [0, 0.1) is 6.92 Å². The smallest absolute Gasteiger partial charge is 0.372 e. The quantitative estimate of drug-likeness (QED) is 0.619. The van der Waals surface area contributed by atoms with Crippen LogP contribution in [-0.2, 0) is 13.0 Å². The molecule has 4 nitrogen and oxygen atoms in total. The maximum atomic E-state index is 11.7. The molecule has 2 rings (SSSR count). The average Bonchev–Trinajstić information content (AvgIpc) is 2.62. The molecule has 2 aromatic rings. The van der Waals surface area contributed by atoms with Gasteiger partial charge < -0.3 is 14.2 Å². The normalized spacial score (nSPS) is 10.4. The molecule has 134 valence electrons. The summed E-state index contributed by atoms with van der Waals surface area (Å²) in [7, 11) is 0. The van der Waals surface area contributed by atoms with Crippen molar-refractivity contribution < 1.29 is 19.0 Å². The van der Waals surface area contributed by atoms with E-state index in [9.17, 15) is 4.79 Å². The number of ether oxygens (including phenoxy) is 3. The molecule has 0 radical (unpaired) electrons. The number of aryl methyl sites for hydroxylation is 2. The summed E-state index contributed by atoms with van der Waals surface area (Å²) in [5, 5.41) is -0.363. The maximum Gasteiger partial charge on any atom is 0.372 e. The van der Waals surface area contributed by atoms with Crippen molar-refractivity contribution in [3.8, 4) is 17.2 Å². The zero-order valence-electron chi connectivity index (χ0n) is 15.1. The molecule has 0 atom stereocenters. The van der Waals surface area contributed by atoms with Gasteiger partial charge in [0.25, 0.3) is 0 Å². The lowest BCUT2D eigenvalue weighted by atomic mass is 10.1. The van der Waals surface area contributed by atoms with Crippen molar-refractivity contribution in [1.82, 2.24) is 0 Å².